The van der Waals surface area contributed by atoms with Crippen molar-refractivity contribution in [3.8, 4) is 17.6 Å². The van der Waals surface area contributed by atoms with Gasteiger partial charge in [0, 0.05) is 17.4 Å². The van der Waals surface area contributed by atoms with E-state index in [-0.39, 0.29) is 11.0 Å². The third-order valence-electron chi connectivity index (χ3n) is 5.58. The summed E-state index contributed by atoms with van der Waals surface area (Å²) >= 11 is 0. The molecule has 24 heavy (non-hydrogen) atoms. The van der Waals surface area contributed by atoms with Crippen molar-refractivity contribution < 1.29 is 9.47 Å². The highest BCUT2D eigenvalue weighted by Gasteiger charge is 2.51. The molecule has 0 atom stereocenters. The van der Waals surface area contributed by atoms with E-state index in [0.717, 1.165) is 42.7 Å². The average molecular weight is 319 g/mol. The van der Waals surface area contributed by atoms with Crippen LogP contribution < -0.4 is 4.74 Å². The van der Waals surface area contributed by atoms with Gasteiger partial charge in [0.1, 0.15) is 11.5 Å². The van der Waals surface area contributed by atoms with Crippen LogP contribution in [0, 0.1) is 16.7 Å². The maximum Gasteiger partial charge on any atom is 0.133 e. The maximum atomic E-state index is 9.10. The Balaban J connectivity index is 1.63. The summed E-state index contributed by atoms with van der Waals surface area (Å²) in [6.45, 7) is 0.681. The second kappa shape index (κ2) is 5.96. The highest BCUT2D eigenvalue weighted by molar-refractivity contribution is 5.42. The third kappa shape index (κ3) is 2.57. The zero-order chi connectivity index (χ0) is 16.5. The highest BCUT2D eigenvalue weighted by atomic mass is 16.5. The molecule has 2 aromatic rings. The minimum atomic E-state index is -0.261. The molecule has 0 spiro atoms. The van der Waals surface area contributed by atoms with Gasteiger partial charge in [-0.3, -0.25) is 0 Å². The van der Waals surface area contributed by atoms with E-state index < -0.39 is 0 Å². The molecule has 2 bridgehead atoms. The molecule has 3 fully saturated rings. The SMILES string of the molecule is N#CCC12CCC(c3ccccc3Oc3ccccc3)(CC1)OC2. The van der Waals surface area contributed by atoms with Crippen molar-refractivity contribution in [1.82, 2.24) is 0 Å². The van der Waals surface area contributed by atoms with Crippen LogP contribution in [0.4, 0.5) is 0 Å². The molecule has 1 saturated carbocycles. The van der Waals surface area contributed by atoms with Crippen molar-refractivity contribution in [3.63, 3.8) is 0 Å². The van der Waals surface area contributed by atoms with E-state index in [1.165, 1.54) is 0 Å². The van der Waals surface area contributed by atoms with Crippen LogP contribution in [0.5, 0.6) is 11.5 Å². The number of benzene rings is 2. The van der Waals surface area contributed by atoms with E-state index in [1.807, 2.05) is 42.5 Å². The van der Waals surface area contributed by atoms with Crippen molar-refractivity contribution in [2.45, 2.75) is 37.7 Å². The van der Waals surface area contributed by atoms with Crippen molar-refractivity contribution in [3.05, 3.63) is 60.2 Å². The molecule has 0 radical (unpaired) electrons. The largest absolute Gasteiger partial charge is 0.457 e. The molecule has 2 heterocycles. The van der Waals surface area contributed by atoms with Gasteiger partial charge in [0.25, 0.3) is 0 Å². The lowest BCUT2D eigenvalue weighted by Gasteiger charge is -2.52. The zero-order valence-electron chi connectivity index (χ0n) is 13.7. The van der Waals surface area contributed by atoms with Gasteiger partial charge < -0.3 is 9.47 Å². The van der Waals surface area contributed by atoms with Crippen LogP contribution in [-0.4, -0.2) is 6.61 Å². The molecule has 3 nitrogen and oxygen atoms in total. The Labute approximate surface area is 142 Å². The number of para-hydroxylation sites is 2. The zero-order valence-corrected chi connectivity index (χ0v) is 13.7. The van der Waals surface area contributed by atoms with Gasteiger partial charge in [0.2, 0.25) is 0 Å². The Morgan fingerprint density at radius 2 is 1.67 bits per heavy atom. The molecule has 0 N–H and O–H groups in total. The van der Waals surface area contributed by atoms with Gasteiger partial charge in [-0.25, -0.2) is 0 Å². The topological polar surface area (TPSA) is 42.2 Å². The number of fused-ring (bicyclic) bond motifs is 3. The quantitative estimate of drug-likeness (QED) is 0.780. The predicted octanol–water partition coefficient (Wildman–Crippen LogP) is 5.18. The molecule has 0 aromatic heterocycles. The van der Waals surface area contributed by atoms with Gasteiger partial charge in [-0.1, -0.05) is 36.4 Å². The van der Waals surface area contributed by atoms with Crippen LogP contribution in [0.3, 0.4) is 0 Å². The summed E-state index contributed by atoms with van der Waals surface area (Å²) in [6, 6.07) is 20.4. The van der Waals surface area contributed by atoms with Crippen LogP contribution in [-0.2, 0) is 10.3 Å². The average Bonchev–Trinajstić information content (AvgIpc) is 2.65. The van der Waals surface area contributed by atoms with Gasteiger partial charge in [-0.05, 0) is 43.9 Å². The van der Waals surface area contributed by atoms with E-state index in [0.29, 0.717) is 13.0 Å². The normalized spacial score (nSPS) is 28.3. The second-order valence-corrected chi connectivity index (χ2v) is 7.03. The molecule has 0 unspecified atom stereocenters. The van der Waals surface area contributed by atoms with Gasteiger partial charge >= 0.3 is 0 Å². The number of rotatable bonds is 4. The summed E-state index contributed by atoms with van der Waals surface area (Å²) in [6.07, 6.45) is 4.64. The second-order valence-electron chi connectivity index (χ2n) is 7.03. The molecule has 3 heteroatoms. The lowest BCUT2D eigenvalue weighted by molar-refractivity contribution is -0.188. The van der Waals surface area contributed by atoms with Crippen molar-refractivity contribution >= 4 is 0 Å². The predicted molar refractivity (Wildman–Crippen MR) is 91.7 cm³/mol. The molecule has 0 amide bonds. The fraction of sp³-hybridized carbons (Fsp3) is 0.381. The fourth-order valence-electron chi connectivity index (χ4n) is 4.05. The van der Waals surface area contributed by atoms with Crippen LogP contribution in [0.25, 0.3) is 0 Å². The number of ether oxygens (including phenoxy) is 2. The van der Waals surface area contributed by atoms with E-state index in [4.69, 9.17) is 14.7 Å². The number of hydrogen-bond donors (Lipinski definition) is 0. The van der Waals surface area contributed by atoms with E-state index >= 15 is 0 Å². The first kappa shape index (κ1) is 15.2. The Morgan fingerprint density at radius 1 is 0.958 bits per heavy atom. The summed E-state index contributed by atoms with van der Waals surface area (Å²) in [5.74, 6) is 1.71. The first-order chi connectivity index (χ1) is 11.8. The fourth-order valence-corrected chi connectivity index (χ4v) is 4.05. The molecule has 122 valence electrons. The number of hydrogen-bond acceptors (Lipinski definition) is 3. The van der Waals surface area contributed by atoms with Crippen LogP contribution >= 0.6 is 0 Å². The van der Waals surface area contributed by atoms with E-state index in [1.54, 1.807) is 0 Å². The molecular formula is C21H21NO2. The maximum absolute atomic E-state index is 9.10. The molecule has 5 rings (SSSR count). The Kier molecular flexibility index (Phi) is 3.78. The summed E-state index contributed by atoms with van der Waals surface area (Å²) in [5, 5.41) is 9.10. The molecule has 2 aromatic carbocycles. The molecule has 2 saturated heterocycles. The first-order valence-electron chi connectivity index (χ1n) is 8.59. The van der Waals surface area contributed by atoms with Crippen molar-refractivity contribution in [2.75, 3.05) is 6.61 Å². The van der Waals surface area contributed by atoms with Crippen LogP contribution in [0.15, 0.2) is 54.6 Å². The Bertz CT molecular complexity index is 738. The van der Waals surface area contributed by atoms with E-state index in [9.17, 15) is 0 Å². The Morgan fingerprint density at radius 3 is 2.33 bits per heavy atom. The summed E-state index contributed by atoms with van der Waals surface area (Å²) < 4.78 is 12.5. The number of nitriles is 1. The van der Waals surface area contributed by atoms with Gasteiger partial charge in [0.05, 0.1) is 18.3 Å². The number of nitrogens with zero attached hydrogens (tertiary/aromatic N) is 1. The van der Waals surface area contributed by atoms with Crippen molar-refractivity contribution in [1.29, 1.82) is 5.26 Å². The summed E-state index contributed by atoms with van der Waals surface area (Å²) in [5.41, 5.74) is 0.952. The molecular weight excluding hydrogens is 298 g/mol. The summed E-state index contributed by atoms with van der Waals surface area (Å²) in [4.78, 5) is 0. The van der Waals surface area contributed by atoms with Crippen molar-refractivity contribution in [2.24, 2.45) is 5.41 Å². The smallest absolute Gasteiger partial charge is 0.133 e. The van der Waals surface area contributed by atoms with Gasteiger partial charge in [0.15, 0.2) is 0 Å². The lowest BCUT2D eigenvalue weighted by Crippen LogP contribution is -2.49. The molecule has 2 aliphatic heterocycles. The minimum Gasteiger partial charge on any atom is -0.457 e. The lowest BCUT2D eigenvalue weighted by atomic mass is 9.63. The van der Waals surface area contributed by atoms with Gasteiger partial charge in [-0.2, -0.15) is 5.26 Å². The third-order valence-corrected chi connectivity index (χ3v) is 5.58. The van der Waals surface area contributed by atoms with Crippen LogP contribution in [0.2, 0.25) is 0 Å². The standard InChI is InChI=1S/C21H21NO2/c22-15-14-20-10-12-21(13-11-20,23-16-20)18-8-4-5-9-19(18)24-17-6-2-1-3-7-17/h1-9H,10-14,16H2. The monoisotopic (exact) mass is 319 g/mol. The first-order valence-corrected chi connectivity index (χ1v) is 8.59. The molecule has 3 aliphatic rings. The Hall–Kier alpha value is -2.31. The minimum absolute atomic E-state index is 0.0751. The highest BCUT2D eigenvalue weighted by Crippen LogP contribution is 2.56. The van der Waals surface area contributed by atoms with Gasteiger partial charge in [-0.15, -0.1) is 0 Å². The summed E-state index contributed by atoms with van der Waals surface area (Å²) in [7, 11) is 0. The van der Waals surface area contributed by atoms with Crippen LogP contribution in [0.1, 0.15) is 37.7 Å². The molecule has 1 aliphatic carbocycles. The van der Waals surface area contributed by atoms with E-state index in [2.05, 4.69) is 18.2 Å².